The van der Waals surface area contributed by atoms with Crippen molar-refractivity contribution in [3.8, 4) is 0 Å². The molecule has 1 amide bonds. The van der Waals surface area contributed by atoms with E-state index in [1.165, 1.54) is 17.5 Å². The third kappa shape index (κ3) is 1.88. The van der Waals surface area contributed by atoms with Gasteiger partial charge in [-0.05, 0) is 0 Å². The van der Waals surface area contributed by atoms with E-state index in [1.54, 1.807) is 6.08 Å². The van der Waals surface area contributed by atoms with Gasteiger partial charge in [0.1, 0.15) is 4.88 Å². The molecule has 1 rings (SSSR count). The number of amides is 1. The first-order valence-corrected chi connectivity index (χ1v) is 3.91. The molecular formula is C7H8N2OS. The fourth-order valence-corrected chi connectivity index (χ4v) is 1.41. The van der Waals surface area contributed by atoms with Crippen LogP contribution in [0.5, 0.6) is 0 Å². The molecule has 0 saturated heterocycles. The fourth-order valence-electron chi connectivity index (χ4n) is 0.642. The Morgan fingerprint density at radius 2 is 2.64 bits per heavy atom. The predicted octanol–water partition coefficient (Wildman–Crippen LogP) is 0.971. The number of hydrogen-bond acceptors (Lipinski definition) is 3. The van der Waals surface area contributed by atoms with Crippen LogP contribution in [0.3, 0.4) is 0 Å². The highest BCUT2D eigenvalue weighted by molar-refractivity contribution is 7.13. The first kappa shape index (κ1) is 7.94. The number of hydrogen-bond donors (Lipinski definition) is 1. The van der Waals surface area contributed by atoms with Crippen LogP contribution in [0.2, 0.25) is 0 Å². The Kier molecular flexibility index (Phi) is 2.38. The van der Waals surface area contributed by atoms with E-state index in [2.05, 4.69) is 11.6 Å². The largest absolute Gasteiger partial charge is 0.365 e. The van der Waals surface area contributed by atoms with Crippen LogP contribution < -0.4 is 5.73 Å². The van der Waals surface area contributed by atoms with Crippen LogP contribution in [0.25, 0.3) is 0 Å². The minimum Gasteiger partial charge on any atom is -0.365 e. The van der Waals surface area contributed by atoms with Crippen molar-refractivity contribution < 1.29 is 4.79 Å². The lowest BCUT2D eigenvalue weighted by atomic mass is 10.4. The molecule has 0 aliphatic rings. The van der Waals surface area contributed by atoms with Gasteiger partial charge in [0.05, 0.1) is 11.2 Å². The first-order chi connectivity index (χ1) is 5.24. The summed E-state index contributed by atoms with van der Waals surface area (Å²) in [5, 5.41) is 0.869. The Hall–Kier alpha value is -1.16. The van der Waals surface area contributed by atoms with Crippen LogP contribution in [-0.2, 0) is 6.42 Å². The van der Waals surface area contributed by atoms with Crippen LogP contribution in [-0.4, -0.2) is 10.9 Å². The molecule has 11 heavy (non-hydrogen) atoms. The normalized spacial score (nSPS) is 9.45. The van der Waals surface area contributed by atoms with Gasteiger partial charge in [0.25, 0.3) is 5.91 Å². The van der Waals surface area contributed by atoms with E-state index in [0.717, 1.165) is 5.01 Å². The number of nitrogens with zero attached hydrogens (tertiary/aromatic N) is 1. The Bertz CT molecular complexity index is 280. The summed E-state index contributed by atoms with van der Waals surface area (Å²) in [5.74, 6) is -0.419. The van der Waals surface area contributed by atoms with E-state index < -0.39 is 5.91 Å². The lowest BCUT2D eigenvalue weighted by Gasteiger charge is -1.83. The highest BCUT2D eigenvalue weighted by Gasteiger charge is 2.04. The molecule has 2 N–H and O–H groups in total. The minimum absolute atomic E-state index is 0.419. The zero-order valence-corrected chi connectivity index (χ0v) is 6.73. The minimum atomic E-state index is -0.419. The lowest BCUT2D eigenvalue weighted by Crippen LogP contribution is -2.08. The first-order valence-electron chi connectivity index (χ1n) is 3.09. The standard InChI is InChI=1S/C7H8N2OS/c1-2-3-6-9-4-5(11-6)7(8)10/h2,4H,1,3H2,(H2,8,10). The Morgan fingerprint density at radius 1 is 1.91 bits per heavy atom. The number of carbonyl (C=O) groups is 1. The highest BCUT2D eigenvalue weighted by atomic mass is 32.1. The van der Waals surface area contributed by atoms with Crippen molar-refractivity contribution in [3.05, 3.63) is 28.7 Å². The molecule has 1 aromatic heterocycles. The zero-order chi connectivity index (χ0) is 8.27. The zero-order valence-electron chi connectivity index (χ0n) is 5.91. The number of nitrogens with two attached hydrogens (primary N) is 1. The summed E-state index contributed by atoms with van der Waals surface area (Å²) in [4.78, 5) is 15.1. The molecule has 4 heteroatoms. The maximum Gasteiger partial charge on any atom is 0.260 e. The summed E-state index contributed by atoms with van der Waals surface area (Å²) < 4.78 is 0. The third-order valence-corrected chi connectivity index (χ3v) is 2.15. The number of carbonyl (C=O) groups excluding carboxylic acids is 1. The second-order valence-electron chi connectivity index (χ2n) is 1.98. The smallest absolute Gasteiger partial charge is 0.260 e. The van der Waals surface area contributed by atoms with Crippen molar-refractivity contribution in [2.45, 2.75) is 6.42 Å². The molecule has 0 saturated carbocycles. The van der Waals surface area contributed by atoms with Gasteiger partial charge in [-0.3, -0.25) is 4.79 Å². The van der Waals surface area contributed by atoms with E-state index in [-0.39, 0.29) is 0 Å². The van der Waals surface area contributed by atoms with E-state index in [4.69, 9.17) is 5.73 Å². The Balaban J connectivity index is 2.81. The van der Waals surface area contributed by atoms with Crippen molar-refractivity contribution >= 4 is 17.2 Å². The molecule has 0 unspecified atom stereocenters. The predicted molar refractivity (Wildman–Crippen MR) is 44.5 cm³/mol. The topological polar surface area (TPSA) is 56.0 Å². The van der Waals surface area contributed by atoms with E-state index in [9.17, 15) is 4.79 Å². The van der Waals surface area contributed by atoms with Crippen LogP contribution in [0.15, 0.2) is 18.9 Å². The van der Waals surface area contributed by atoms with Gasteiger partial charge >= 0.3 is 0 Å². The van der Waals surface area contributed by atoms with Crippen LogP contribution in [0.4, 0.5) is 0 Å². The Morgan fingerprint density at radius 3 is 3.09 bits per heavy atom. The molecule has 0 fully saturated rings. The summed E-state index contributed by atoms with van der Waals surface area (Å²) in [6.45, 7) is 3.56. The van der Waals surface area contributed by atoms with Gasteiger partial charge < -0.3 is 5.73 Å². The molecule has 1 heterocycles. The average molecular weight is 168 g/mol. The van der Waals surface area contributed by atoms with Gasteiger partial charge in [-0.1, -0.05) is 6.08 Å². The summed E-state index contributed by atoms with van der Waals surface area (Å²) in [7, 11) is 0. The van der Waals surface area contributed by atoms with Crippen molar-refractivity contribution in [1.82, 2.24) is 4.98 Å². The third-order valence-electron chi connectivity index (χ3n) is 1.12. The van der Waals surface area contributed by atoms with Crippen LogP contribution in [0.1, 0.15) is 14.7 Å². The molecule has 0 aliphatic carbocycles. The number of rotatable bonds is 3. The number of primary amides is 1. The molecule has 0 aliphatic heterocycles. The SMILES string of the molecule is C=CCc1ncc(C(N)=O)s1. The van der Waals surface area contributed by atoms with E-state index in [1.807, 2.05) is 0 Å². The van der Waals surface area contributed by atoms with Crippen LogP contribution >= 0.6 is 11.3 Å². The van der Waals surface area contributed by atoms with E-state index in [0.29, 0.717) is 11.3 Å². The monoisotopic (exact) mass is 168 g/mol. The Labute approximate surface area is 68.6 Å². The second-order valence-corrected chi connectivity index (χ2v) is 3.09. The molecule has 0 bridgehead atoms. The molecule has 0 radical (unpaired) electrons. The fraction of sp³-hybridized carbons (Fsp3) is 0.143. The number of thiazole rings is 1. The van der Waals surface area contributed by atoms with Gasteiger partial charge in [0.15, 0.2) is 0 Å². The number of aromatic nitrogens is 1. The average Bonchev–Trinajstić information content (AvgIpc) is 2.37. The molecule has 0 atom stereocenters. The summed E-state index contributed by atoms with van der Waals surface area (Å²) in [6.07, 6.45) is 3.92. The molecule has 0 aromatic carbocycles. The van der Waals surface area contributed by atoms with Gasteiger partial charge in [-0.15, -0.1) is 17.9 Å². The van der Waals surface area contributed by atoms with Crippen molar-refractivity contribution in [1.29, 1.82) is 0 Å². The van der Waals surface area contributed by atoms with E-state index >= 15 is 0 Å². The maximum absolute atomic E-state index is 10.6. The summed E-state index contributed by atoms with van der Waals surface area (Å²) >= 11 is 1.31. The van der Waals surface area contributed by atoms with Crippen molar-refractivity contribution in [3.63, 3.8) is 0 Å². The maximum atomic E-state index is 10.6. The lowest BCUT2D eigenvalue weighted by molar-refractivity contribution is 0.100. The molecule has 0 spiro atoms. The van der Waals surface area contributed by atoms with Gasteiger partial charge in [0, 0.05) is 6.42 Å². The van der Waals surface area contributed by atoms with Crippen LogP contribution in [0, 0.1) is 0 Å². The second kappa shape index (κ2) is 3.30. The highest BCUT2D eigenvalue weighted by Crippen LogP contribution is 2.12. The van der Waals surface area contributed by atoms with Gasteiger partial charge in [-0.2, -0.15) is 0 Å². The van der Waals surface area contributed by atoms with Gasteiger partial charge in [-0.25, -0.2) is 4.98 Å². The molecule has 1 aromatic rings. The molecular weight excluding hydrogens is 160 g/mol. The summed E-state index contributed by atoms with van der Waals surface area (Å²) in [5.41, 5.74) is 5.03. The van der Waals surface area contributed by atoms with Crippen molar-refractivity contribution in [2.24, 2.45) is 5.73 Å². The molecule has 3 nitrogen and oxygen atoms in total. The summed E-state index contributed by atoms with van der Waals surface area (Å²) in [6, 6.07) is 0. The van der Waals surface area contributed by atoms with Gasteiger partial charge in [0.2, 0.25) is 0 Å². The van der Waals surface area contributed by atoms with Crippen molar-refractivity contribution in [2.75, 3.05) is 0 Å². The number of allylic oxidation sites excluding steroid dienone is 1. The molecule has 58 valence electrons. The quantitative estimate of drug-likeness (QED) is 0.684.